The average molecular weight is 399 g/mol. The maximum atomic E-state index is 12.9. The molecule has 2 saturated heterocycles. The van der Waals surface area contributed by atoms with E-state index in [9.17, 15) is 19.5 Å². The van der Waals surface area contributed by atoms with Gasteiger partial charge in [0.15, 0.2) is 0 Å². The Morgan fingerprint density at radius 2 is 1.81 bits per heavy atom. The van der Waals surface area contributed by atoms with Gasteiger partial charge in [0.2, 0.25) is 5.91 Å². The summed E-state index contributed by atoms with van der Waals surface area (Å²) in [5.41, 5.74) is 0.279. The molecule has 26 heavy (non-hydrogen) atoms. The number of benzene rings is 1. The number of hydrogen-bond acceptors (Lipinski definition) is 3. The summed E-state index contributed by atoms with van der Waals surface area (Å²) in [6, 6.07) is 4.09. The molecule has 2 atom stereocenters. The lowest BCUT2D eigenvalue weighted by Crippen LogP contribution is -2.51. The predicted molar refractivity (Wildman–Crippen MR) is 97.5 cm³/mol. The van der Waals surface area contributed by atoms with E-state index in [1.54, 1.807) is 17.0 Å². The number of piperidine rings is 1. The van der Waals surface area contributed by atoms with Crippen molar-refractivity contribution < 1.29 is 19.5 Å². The molecule has 140 valence electrons. The number of carboxylic acids is 1. The van der Waals surface area contributed by atoms with Crippen LogP contribution in [0.3, 0.4) is 0 Å². The fourth-order valence-electron chi connectivity index (χ4n) is 3.67. The van der Waals surface area contributed by atoms with Gasteiger partial charge in [0.1, 0.15) is 6.04 Å². The second kappa shape index (κ2) is 7.84. The molecule has 0 aromatic heterocycles. The van der Waals surface area contributed by atoms with E-state index in [0.29, 0.717) is 42.4 Å². The molecule has 2 aliphatic rings. The number of nitrogens with zero attached hydrogens (tertiary/aromatic N) is 2. The summed E-state index contributed by atoms with van der Waals surface area (Å²) in [6.45, 7) is 1.19. The third kappa shape index (κ3) is 3.81. The largest absolute Gasteiger partial charge is 0.481 e. The van der Waals surface area contributed by atoms with E-state index in [1.165, 1.54) is 11.0 Å². The van der Waals surface area contributed by atoms with Gasteiger partial charge >= 0.3 is 5.97 Å². The van der Waals surface area contributed by atoms with Gasteiger partial charge < -0.3 is 14.9 Å². The van der Waals surface area contributed by atoms with Crippen LogP contribution in [0.25, 0.3) is 0 Å². The van der Waals surface area contributed by atoms with Crippen molar-refractivity contribution in [2.75, 3.05) is 19.6 Å². The number of halogens is 2. The average Bonchev–Trinajstić information content (AvgIpc) is 3.12. The minimum absolute atomic E-state index is 0.181. The number of carboxylic acid groups (broad SMARTS) is 1. The van der Waals surface area contributed by atoms with Crippen molar-refractivity contribution in [2.24, 2.45) is 5.92 Å². The number of rotatable bonds is 3. The van der Waals surface area contributed by atoms with E-state index in [4.69, 9.17) is 23.2 Å². The predicted octanol–water partition coefficient (Wildman–Crippen LogP) is 2.92. The van der Waals surface area contributed by atoms with Crippen LogP contribution in [0.5, 0.6) is 0 Å². The van der Waals surface area contributed by atoms with Crippen LogP contribution in [0.4, 0.5) is 0 Å². The molecule has 2 amide bonds. The van der Waals surface area contributed by atoms with Crippen LogP contribution in [0.2, 0.25) is 10.0 Å². The molecule has 2 aliphatic heterocycles. The van der Waals surface area contributed by atoms with Crippen molar-refractivity contribution in [3.05, 3.63) is 33.8 Å². The topological polar surface area (TPSA) is 77.9 Å². The van der Waals surface area contributed by atoms with E-state index in [0.717, 1.165) is 6.42 Å². The first-order valence-corrected chi connectivity index (χ1v) is 9.41. The maximum Gasteiger partial charge on any atom is 0.308 e. The van der Waals surface area contributed by atoms with Gasteiger partial charge in [-0.15, -0.1) is 0 Å². The highest BCUT2D eigenvalue weighted by atomic mass is 35.5. The van der Waals surface area contributed by atoms with E-state index in [-0.39, 0.29) is 23.9 Å². The quantitative estimate of drug-likeness (QED) is 0.848. The minimum Gasteiger partial charge on any atom is -0.481 e. The van der Waals surface area contributed by atoms with Crippen molar-refractivity contribution in [1.82, 2.24) is 9.80 Å². The molecule has 6 nitrogen and oxygen atoms in total. The number of aliphatic carboxylic acids is 1. The highest BCUT2D eigenvalue weighted by Crippen LogP contribution is 2.28. The monoisotopic (exact) mass is 398 g/mol. The molecule has 0 saturated carbocycles. The Balaban J connectivity index is 1.77. The summed E-state index contributed by atoms with van der Waals surface area (Å²) < 4.78 is 0. The fraction of sp³-hybridized carbons (Fsp3) is 0.500. The van der Waals surface area contributed by atoms with Gasteiger partial charge in [0.05, 0.1) is 16.5 Å². The molecule has 1 N–H and O–H groups in total. The first kappa shape index (κ1) is 19.0. The van der Waals surface area contributed by atoms with Crippen molar-refractivity contribution in [2.45, 2.75) is 31.7 Å². The third-order valence-corrected chi connectivity index (χ3v) is 5.60. The molecule has 0 bridgehead atoms. The number of hydrogen-bond donors (Lipinski definition) is 1. The Hall–Kier alpha value is -1.79. The second-order valence-corrected chi connectivity index (χ2v) is 7.59. The zero-order valence-electron chi connectivity index (χ0n) is 14.2. The van der Waals surface area contributed by atoms with Crippen molar-refractivity contribution in [1.29, 1.82) is 0 Å². The normalized spacial score (nSPS) is 23.2. The van der Waals surface area contributed by atoms with E-state index >= 15 is 0 Å². The van der Waals surface area contributed by atoms with E-state index in [2.05, 4.69) is 0 Å². The Kier molecular flexibility index (Phi) is 5.73. The molecule has 1 aromatic rings. The third-order valence-electron chi connectivity index (χ3n) is 5.04. The van der Waals surface area contributed by atoms with Gasteiger partial charge in [0, 0.05) is 24.7 Å². The second-order valence-electron chi connectivity index (χ2n) is 6.74. The summed E-state index contributed by atoms with van der Waals surface area (Å²) in [7, 11) is 0. The van der Waals surface area contributed by atoms with Crippen molar-refractivity contribution >= 4 is 41.0 Å². The van der Waals surface area contributed by atoms with Crippen molar-refractivity contribution in [3.63, 3.8) is 0 Å². The maximum absolute atomic E-state index is 12.9. The van der Waals surface area contributed by atoms with Crippen LogP contribution in [-0.2, 0) is 9.59 Å². The smallest absolute Gasteiger partial charge is 0.308 e. The van der Waals surface area contributed by atoms with Crippen LogP contribution < -0.4 is 0 Å². The van der Waals surface area contributed by atoms with Crippen LogP contribution in [-0.4, -0.2) is 58.4 Å². The van der Waals surface area contributed by atoms with Crippen LogP contribution in [0.15, 0.2) is 18.2 Å². The molecule has 0 radical (unpaired) electrons. The van der Waals surface area contributed by atoms with Gasteiger partial charge in [-0.2, -0.15) is 0 Å². The zero-order valence-corrected chi connectivity index (χ0v) is 15.7. The lowest BCUT2D eigenvalue weighted by Gasteiger charge is -2.35. The lowest BCUT2D eigenvalue weighted by molar-refractivity contribution is -0.146. The first-order chi connectivity index (χ1) is 12.4. The Morgan fingerprint density at radius 3 is 2.54 bits per heavy atom. The molecule has 2 heterocycles. The standard InChI is InChI=1S/C18H20Cl2N2O4/c19-12-5-6-14(20)13(9-12)16(23)22-8-2-4-15(22)17(24)21-7-1-3-11(10-21)18(25)26/h5-6,9,11,15H,1-4,7-8,10H2,(H,25,26). The molecular weight excluding hydrogens is 379 g/mol. The van der Waals surface area contributed by atoms with Gasteiger partial charge in [-0.05, 0) is 43.9 Å². The summed E-state index contributed by atoms with van der Waals surface area (Å²) in [4.78, 5) is 40.2. The number of carbonyl (C=O) groups is 3. The van der Waals surface area contributed by atoms with Crippen LogP contribution >= 0.6 is 23.2 Å². The van der Waals surface area contributed by atoms with E-state index in [1.807, 2.05) is 0 Å². The molecule has 3 rings (SSSR count). The fourth-order valence-corrected chi connectivity index (χ4v) is 4.04. The molecule has 2 unspecified atom stereocenters. The van der Waals surface area contributed by atoms with Gasteiger partial charge in [-0.1, -0.05) is 23.2 Å². The SMILES string of the molecule is O=C(O)C1CCCN(C(=O)C2CCCN2C(=O)c2cc(Cl)ccc2Cl)C1. The Morgan fingerprint density at radius 1 is 1.08 bits per heavy atom. The van der Waals surface area contributed by atoms with Crippen LogP contribution in [0.1, 0.15) is 36.0 Å². The van der Waals surface area contributed by atoms with Crippen LogP contribution in [0, 0.1) is 5.92 Å². The van der Waals surface area contributed by atoms with E-state index < -0.39 is 17.9 Å². The Bertz CT molecular complexity index is 740. The number of carbonyl (C=O) groups excluding carboxylic acids is 2. The summed E-state index contributed by atoms with van der Waals surface area (Å²) in [6.07, 6.45) is 2.52. The van der Waals surface area contributed by atoms with Gasteiger partial charge in [-0.25, -0.2) is 0 Å². The molecule has 0 aliphatic carbocycles. The summed E-state index contributed by atoms with van der Waals surface area (Å²) in [5.74, 6) is -1.92. The highest BCUT2D eigenvalue weighted by molar-refractivity contribution is 6.35. The van der Waals surface area contributed by atoms with Crippen molar-refractivity contribution in [3.8, 4) is 0 Å². The number of likely N-dealkylation sites (tertiary alicyclic amines) is 2. The summed E-state index contributed by atoms with van der Waals surface area (Å²) >= 11 is 12.1. The molecule has 8 heteroatoms. The molecule has 2 fully saturated rings. The minimum atomic E-state index is -0.882. The summed E-state index contributed by atoms with van der Waals surface area (Å²) in [5, 5.41) is 9.91. The molecular formula is C18H20Cl2N2O4. The Labute approximate surface area is 161 Å². The van der Waals surface area contributed by atoms with Gasteiger partial charge in [0.25, 0.3) is 5.91 Å². The zero-order chi connectivity index (χ0) is 18.8. The van der Waals surface area contributed by atoms with Gasteiger partial charge in [-0.3, -0.25) is 14.4 Å². The number of amides is 2. The highest BCUT2D eigenvalue weighted by Gasteiger charge is 2.39. The lowest BCUT2D eigenvalue weighted by atomic mass is 9.97. The molecule has 0 spiro atoms. The first-order valence-electron chi connectivity index (χ1n) is 8.66. The molecule has 1 aromatic carbocycles.